The minimum Gasteiger partial charge on any atom is -0.460 e. The van der Waals surface area contributed by atoms with Crippen LogP contribution in [0.5, 0.6) is 0 Å². The molecule has 0 radical (unpaired) electrons. The Morgan fingerprint density at radius 3 is 1.80 bits per heavy atom. The molecule has 10 aromatic rings. The molecule has 1 nitrogen and oxygen atoms in total. The van der Waals surface area contributed by atoms with Crippen molar-refractivity contribution in [3.63, 3.8) is 0 Å². The molecule has 0 unspecified atom stereocenters. The lowest BCUT2D eigenvalue weighted by atomic mass is 9.85. The van der Waals surface area contributed by atoms with Gasteiger partial charge in [0, 0.05) is 31.0 Å². The Bertz CT molecular complexity index is 2910. The van der Waals surface area contributed by atoms with Gasteiger partial charge in [0.15, 0.2) is 0 Å². The monoisotopic (exact) mass is 658 g/mol. The van der Waals surface area contributed by atoms with E-state index in [1.54, 1.807) is 0 Å². The number of hydrogen-bond acceptors (Lipinski definition) is 2. The summed E-state index contributed by atoms with van der Waals surface area (Å²) in [6, 6.07) is 55.9. The van der Waals surface area contributed by atoms with Gasteiger partial charge >= 0.3 is 0 Å². The second-order valence-electron chi connectivity index (χ2n) is 14.5. The maximum atomic E-state index is 6.43. The average Bonchev–Trinajstić information content (AvgIpc) is 3.76. The van der Waals surface area contributed by atoms with E-state index in [9.17, 15) is 0 Å². The van der Waals surface area contributed by atoms with Gasteiger partial charge in [0.1, 0.15) is 11.3 Å². The molecule has 8 aromatic carbocycles. The van der Waals surface area contributed by atoms with Crippen LogP contribution >= 0.6 is 11.3 Å². The molecule has 0 bridgehead atoms. The maximum absolute atomic E-state index is 6.43. The Morgan fingerprint density at radius 2 is 1.06 bits per heavy atom. The van der Waals surface area contributed by atoms with Crippen LogP contribution in [0.3, 0.4) is 0 Å². The van der Waals surface area contributed by atoms with Crippen molar-refractivity contribution in [1.82, 2.24) is 0 Å². The van der Waals surface area contributed by atoms with E-state index in [-0.39, 0.29) is 5.41 Å². The zero-order chi connectivity index (χ0) is 33.6. The van der Waals surface area contributed by atoms with E-state index in [1.165, 1.54) is 85.9 Å². The van der Waals surface area contributed by atoms with Crippen molar-refractivity contribution in [2.45, 2.75) is 26.2 Å². The third kappa shape index (κ3) is 4.45. The summed E-state index contributed by atoms with van der Waals surface area (Å²) in [4.78, 5) is 0. The highest BCUT2D eigenvalue weighted by Gasteiger charge is 2.23. The predicted molar refractivity (Wildman–Crippen MR) is 217 cm³/mol. The Morgan fingerprint density at radius 1 is 0.440 bits per heavy atom. The minimum absolute atomic E-state index is 0.0776. The van der Waals surface area contributed by atoms with Gasteiger partial charge in [-0.2, -0.15) is 0 Å². The molecule has 0 aliphatic heterocycles. The van der Waals surface area contributed by atoms with Gasteiger partial charge in [0.05, 0.1) is 0 Å². The third-order valence-electron chi connectivity index (χ3n) is 10.3. The molecular weight excluding hydrogens is 625 g/mol. The fourth-order valence-corrected chi connectivity index (χ4v) is 9.19. The highest BCUT2D eigenvalue weighted by Crippen LogP contribution is 2.48. The molecule has 0 saturated carbocycles. The molecule has 0 amide bonds. The molecule has 2 aromatic heterocycles. The first-order chi connectivity index (χ1) is 24.4. The molecule has 2 heterocycles. The van der Waals surface area contributed by atoms with Crippen LogP contribution in [0.4, 0.5) is 0 Å². The number of furan rings is 1. The van der Waals surface area contributed by atoms with E-state index in [1.807, 2.05) is 11.3 Å². The average molecular weight is 659 g/mol. The van der Waals surface area contributed by atoms with Crippen LogP contribution in [0.1, 0.15) is 26.5 Å². The number of thiophene rings is 1. The lowest BCUT2D eigenvalue weighted by molar-refractivity contribution is 0.430. The normalized spacial score (nSPS) is 12.3. The van der Waals surface area contributed by atoms with Gasteiger partial charge in [-0.05, 0) is 90.0 Å². The highest BCUT2D eigenvalue weighted by molar-refractivity contribution is 7.26. The summed E-state index contributed by atoms with van der Waals surface area (Å²) in [6.07, 6.45) is 0. The van der Waals surface area contributed by atoms with Gasteiger partial charge in [0.2, 0.25) is 0 Å². The van der Waals surface area contributed by atoms with Crippen molar-refractivity contribution in [2.24, 2.45) is 0 Å². The summed E-state index contributed by atoms with van der Waals surface area (Å²) in [6.45, 7) is 6.63. The van der Waals surface area contributed by atoms with Gasteiger partial charge < -0.3 is 4.42 Å². The fraction of sp³-hybridized carbons (Fsp3) is 0.0833. The second-order valence-corrected chi connectivity index (χ2v) is 15.5. The van der Waals surface area contributed by atoms with Gasteiger partial charge in [0.25, 0.3) is 0 Å². The van der Waals surface area contributed by atoms with E-state index in [2.05, 4.69) is 172 Å². The molecule has 238 valence electrons. The van der Waals surface area contributed by atoms with Crippen LogP contribution < -0.4 is 0 Å². The molecular formula is C48H34OS. The van der Waals surface area contributed by atoms with Crippen molar-refractivity contribution < 1.29 is 4.42 Å². The van der Waals surface area contributed by atoms with Crippen molar-refractivity contribution in [2.75, 3.05) is 0 Å². The molecule has 2 heteroatoms. The zero-order valence-electron chi connectivity index (χ0n) is 28.3. The van der Waals surface area contributed by atoms with Gasteiger partial charge in [-0.1, -0.05) is 148 Å². The van der Waals surface area contributed by atoms with Crippen molar-refractivity contribution >= 4 is 74.8 Å². The van der Waals surface area contributed by atoms with E-state index in [0.29, 0.717) is 0 Å². The molecule has 0 atom stereocenters. The fourth-order valence-electron chi connectivity index (χ4n) is 7.92. The summed E-state index contributed by atoms with van der Waals surface area (Å²) in [5.74, 6) is 1.01. The van der Waals surface area contributed by atoms with Crippen molar-refractivity contribution in [1.29, 1.82) is 0 Å². The Kier molecular flexibility index (Phi) is 6.37. The van der Waals surface area contributed by atoms with Crippen LogP contribution in [0.2, 0.25) is 0 Å². The van der Waals surface area contributed by atoms with Crippen LogP contribution in [0.25, 0.3) is 96.8 Å². The van der Waals surface area contributed by atoms with Gasteiger partial charge in [-0.3, -0.25) is 0 Å². The van der Waals surface area contributed by atoms with Crippen molar-refractivity contribution in [3.05, 3.63) is 157 Å². The summed E-state index contributed by atoms with van der Waals surface area (Å²) in [5.41, 5.74) is 8.40. The number of fused-ring (bicyclic) bond motifs is 7. The van der Waals surface area contributed by atoms with Crippen LogP contribution in [0, 0.1) is 0 Å². The summed E-state index contributed by atoms with van der Waals surface area (Å²) in [7, 11) is 0. The first-order valence-corrected chi connectivity index (χ1v) is 18.2. The lowest BCUT2D eigenvalue weighted by Gasteiger charge is -2.18. The Hall–Kier alpha value is -5.70. The van der Waals surface area contributed by atoms with Gasteiger partial charge in [-0.15, -0.1) is 11.3 Å². The molecule has 10 rings (SSSR count). The second kappa shape index (κ2) is 10.9. The predicted octanol–water partition coefficient (Wildman–Crippen LogP) is 14.6. The van der Waals surface area contributed by atoms with Crippen LogP contribution in [-0.4, -0.2) is 0 Å². The molecule has 0 aliphatic carbocycles. The minimum atomic E-state index is -0.0776. The largest absolute Gasteiger partial charge is 0.460 e. The Labute approximate surface area is 295 Å². The number of rotatable bonds is 3. The Balaban J connectivity index is 1.21. The highest BCUT2D eigenvalue weighted by atomic mass is 32.1. The maximum Gasteiger partial charge on any atom is 0.134 e. The molecule has 0 spiro atoms. The van der Waals surface area contributed by atoms with Crippen molar-refractivity contribution in [3.8, 4) is 33.4 Å². The first kappa shape index (κ1) is 29.2. The molecule has 0 fully saturated rings. The third-order valence-corrected chi connectivity index (χ3v) is 11.6. The standard InChI is InChI=1S/C48H34OS/c1-48(2,3)44-28-41-39(19-11-21-42(41)49-44)46-37-16-8-6-14-35(37)45(36-15-7-9-17-38(36)46)32-24-25-34-40-20-10-18-33(47(40)50-43(34)27-32)31-23-22-29-12-4-5-13-30(29)26-31/h4-28H,1-3H3. The zero-order valence-corrected chi connectivity index (χ0v) is 29.1. The SMILES string of the molecule is CC(C)(C)c1cc2c(-c3c4ccccc4c(-c4ccc5c(c4)sc4c(-c6ccc7ccccc7c6)cccc45)c4ccccc34)cccc2o1. The topological polar surface area (TPSA) is 13.1 Å². The van der Waals surface area contributed by atoms with Crippen LogP contribution in [0.15, 0.2) is 156 Å². The smallest absolute Gasteiger partial charge is 0.134 e. The first-order valence-electron chi connectivity index (χ1n) is 17.3. The molecule has 50 heavy (non-hydrogen) atoms. The van der Waals surface area contributed by atoms with E-state index >= 15 is 0 Å². The summed E-state index contributed by atoms with van der Waals surface area (Å²) in [5, 5.41) is 11.3. The lowest BCUT2D eigenvalue weighted by Crippen LogP contribution is -2.08. The number of hydrogen-bond donors (Lipinski definition) is 0. The van der Waals surface area contributed by atoms with E-state index in [0.717, 1.165) is 16.7 Å². The summed E-state index contributed by atoms with van der Waals surface area (Å²) < 4.78 is 9.08. The quantitative estimate of drug-likeness (QED) is 0.172. The van der Waals surface area contributed by atoms with E-state index < -0.39 is 0 Å². The van der Waals surface area contributed by atoms with Gasteiger partial charge in [-0.25, -0.2) is 0 Å². The number of benzene rings is 8. The van der Waals surface area contributed by atoms with E-state index in [4.69, 9.17) is 4.42 Å². The summed E-state index contributed by atoms with van der Waals surface area (Å²) >= 11 is 1.90. The van der Waals surface area contributed by atoms with Crippen LogP contribution in [-0.2, 0) is 5.41 Å². The molecule has 0 N–H and O–H groups in total. The molecule has 0 saturated heterocycles. The molecule has 0 aliphatic rings.